The summed E-state index contributed by atoms with van der Waals surface area (Å²) in [4.78, 5) is 15.4. The third-order valence-electron chi connectivity index (χ3n) is 5.33. The summed E-state index contributed by atoms with van der Waals surface area (Å²) in [6, 6.07) is 3.94. The van der Waals surface area contributed by atoms with Crippen molar-refractivity contribution < 1.29 is 23.1 Å². The van der Waals surface area contributed by atoms with Crippen LogP contribution in [0, 0.1) is 11.8 Å². The molecule has 26 heavy (non-hydrogen) atoms. The van der Waals surface area contributed by atoms with Gasteiger partial charge in [-0.15, -0.1) is 11.3 Å². The Bertz CT molecular complexity index is 827. The maximum Gasteiger partial charge on any atom is 0.416 e. The highest BCUT2D eigenvalue weighted by Crippen LogP contribution is 2.40. The summed E-state index contributed by atoms with van der Waals surface area (Å²) in [5.74, 6) is -0.616. The number of nitrogens with zero attached hydrogens (tertiary/aromatic N) is 2. The zero-order chi connectivity index (χ0) is 18.5. The Balaban J connectivity index is 1.41. The number of aliphatic carboxylic acids is 1. The van der Waals surface area contributed by atoms with E-state index in [1.165, 1.54) is 17.4 Å². The smallest absolute Gasteiger partial charge is 0.416 e. The fourth-order valence-electron chi connectivity index (χ4n) is 3.69. The summed E-state index contributed by atoms with van der Waals surface area (Å²) in [5, 5.41) is 11.8. The van der Waals surface area contributed by atoms with Crippen LogP contribution in [0.1, 0.15) is 12.0 Å². The second kappa shape index (κ2) is 6.42. The van der Waals surface area contributed by atoms with Gasteiger partial charge in [-0.2, -0.15) is 13.2 Å². The van der Waals surface area contributed by atoms with E-state index >= 15 is 0 Å². The Labute approximate surface area is 152 Å². The van der Waals surface area contributed by atoms with Crippen LogP contribution in [-0.2, 0) is 11.0 Å². The normalized spacial score (nSPS) is 24.2. The zero-order valence-corrected chi connectivity index (χ0v) is 14.8. The quantitative estimate of drug-likeness (QED) is 0.872. The Morgan fingerprint density at radius 2 is 1.96 bits per heavy atom. The molecule has 2 aliphatic rings. The van der Waals surface area contributed by atoms with Crippen molar-refractivity contribution in [1.82, 2.24) is 4.90 Å². The predicted octanol–water partition coefficient (Wildman–Crippen LogP) is 3.76. The molecule has 8 heteroatoms. The lowest BCUT2D eigenvalue weighted by molar-refractivity contribution is -0.139. The van der Waals surface area contributed by atoms with Gasteiger partial charge in [-0.1, -0.05) is 6.07 Å². The van der Waals surface area contributed by atoms with Gasteiger partial charge in [0, 0.05) is 48.2 Å². The number of rotatable bonds is 4. The number of carboxylic acid groups (broad SMARTS) is 1. The molecule has 0 spiro atoms. The Hall–Kier alpha value is -1.80. The van der Waals surface area contributed by atoms with Gasteiger partial charge in [-0.05, 0) is 24.5 Å². The second-order valence-electron chi connectivity index (χ2n) is 7.06. The van der Waals surface area contributed by atoms with Crippen LogP contribution in [-0.4, -0.2) is 48.7 Å². The van der Waals surface area contributed by atoms with Gasteiger partial charge in [-0.25, -0.2) is 0 Å². The monoisotopic (exact) mass is 384 g/mol. The summed E-state index contributed by atoms with van der Waals surface area (Å²) < 4.78 is 39.2. The van der Waals surface area contributed by atoms with E-state index in [4.69, 9.17) is 5.11 Å². The topological polar surface area (TPSA) is 43.8 Å². The van der Waals surface area contributed by atoms with Crippen molar-refractivity contribution in [3.63, 3.8) is 0 Å². The third kappa shape index (κ3) is 3.40. The minimum atomic E-state index is -4.32. The van der Waals surface area contributed by atoms with E-state index in [2.05, 4.69) is 9.80 Å². The summed E-state index contributed by atoms with van der Waals surface area (Å²) in [6.07, 6.45) is -3.55. The molecule has 2 heterocycles. The number of piperazine rings is 1. The highest BCUT2D eigenvalue weighted by molar-refractivity contribution is 7.17. The van der Waals surface area contributed by atoms with Crippen molar-refractivity contribution in [2.75, 3.05) is 37.6 Å². The van der Waals surface area contributed by atoms with Crippen molar-refractivity contribution in [2.45, 2.75) is 12.6 Å². The molecule has 1 aliphatic carbocycles. The Morgan fingerprint density at radius 1 is 1.23 bits per heavy atom. The molecular formula is C18H19F3N2O2S. The van der Waals surface area contributed by atoms with Crippen LogP contribution in [0.2, 0.25) is 0 Å². The molecule has 0 unspecified atom stereocenters. The van der Waals surface area contributed by atoms with Crippen LogP contribution in [0.3, 0.4) is 0 Å². The van der Waals surface area contributed by atoms with Gasteiger partial charge in [0.05, 0.1) is 17.2 Å². The molecule has 1 aliphatic heterocycles. The van der Waals surface area contributed by atoms with E-state index < -0.39 is 17.7 Å². The molecule has 2 atom stereocenters. The minimum absolute atomic E-state index is 0.184. The van der Waals surface area contributed by atoms with Crippen LogP contribution < -0.4 is 4.90 Å². The van der Waals surface area contributed by atoms with Crippen molar-refractivity contribution in [3.05, 3.63) is 29.1 Å². The first-order valence-electron chi connectivity index (χ1n) is 8.61. The highest BCUT2D eigenvalue weighted by atomic mass is 32.1. The summed E-state index contributed by atoms with van der Waals surface area (Å²) in [6.45, 7) is 4.13. The zero-order valence-electron chi connectivity index (χ0n) is 14.0. The number of anilines is 1. The fourth-order valence-corrected chi connectivity index (χ4v) is 4.70. The number of halogens is 3. The number of benzene rings is 1. The molecule has 2 aromatic rings. The van der Waals surface area contributed by atoms with Crippen LogP contribution in [0.15, 0.2) is 23.6 Å². The SMILES string of the molecule is O=C(O)[C@H]1C[C@@H]1CN1CCN(c2csc3cc(C(F)(F)F)ccc23)CC1. The lowest BCUT2D eigenvalue weighted by Gasteiger charge is -2.36. The lowest BCUT2D eigenvalue weighted by atomic mass is 10.1. The molecule has 2 fully saturated rings. The second-order valence-corrected chi connectivity index (χ2v) is 7.97. The summed E-state index contributed by atoms with van der Waals surface area (Å²) in [5.41, 5.74) is 0.383. The number of hydrogen-bond acceptors (Lipinski definition) is 4. The van der Waals surface area contributed by atoms with E-state index in [1.807, 2.05) is 5.38 Å². The number of carbonyl (C=O) groups is 1. The van der Waals surface area contributed by atoms with E-state index in [9.17, 15) is 18.0 Å². The van der Waals surface area contributed by atoms with Gasteiger partial charge in [0.25, 0.3) is 0 Å². The maximum absolute atomic E-state index is 12.9. The Kier molecular flexibility index (Phi) is 4.35. The summed E-state index contributed by atoms with van der Waals surface area (Å²) in [7, 11) is 0. The summed E-state index contributed by atoms with van der Waals surface area (Å²) >= 11 is 1.34. The molecule has 4 rings (SSSR count). The molecule has 1 saturated carbocycles. The van der Waals surface area contributed by atoms with Crippen molar-refractivity contribution in [1.29, 1.82) is 0 Å². The first kappa shape index (κ1) is 17.6. The largest absolute Gasteiger partial charge is 0.481 e. The van der Waals surface area contributed by atoms with Crippen molar-refractivity contribution in [2.24, 2.45) is 11.8 Å². The van der Waals surface area contributed by atoms with Gasteiger partial charge >= 0.3 is 12.1 Å². The molecule has 0 bridgehead atoms. The van der Waals surface area contributed by atoms with Crippen LogP contribution in [0.4, 0.5) is 18.9 Å². The average molecular weight is 384 g/mol. The number of thiophene rings is 1. The first-order chi connectivity index (χ1) is 12.3. The average Bonchev–Trinajstić information content (AvgIpc) is 3.23. The van der Waals surface area contributed by atoms with Crippen LogP contribution >= 0.6 is 11.3 Å². The molecule has 140 valence electrons. The van der Waals surface area contributed by atoms with Gasteiger partial charge in [0.1, 0.15) is 0 Å². The number of fused-ring (bicyclic) bond motifs is 1. The van der Waals surface area contributed by atoms with Gasteiger partial charge < -0.3 is 10.0 Å². The van der Waals surface area contributed by atoms with E-state index in [-0.39, 0.29) is 11.8 Å². The molecule has 1 saturated heterocycles. The van der Waals surface area contributed by atoms with E-state index in [0.29, 0.717) is 4.70 Å². The number of hydrogen-bond donors (Lipinski definition) is 1. The molecular weight excluding hydrogens is 365 g/mol. The van der Waals surface area contributed by atoms with E-state index in [1.54, 1.807) is 6.07 Å². The lowest BCUT2D eigenvalue weighted by Crippen LogP contribution is -2.47. The van der Waals surface area contributed by atoms with Crippen molar-refractivity contribution in [3.8, 4) is 0 Å². The molecule has 0 amide bonds. The first-order valence-corrected chi connectivity index (χ1v) is 9.49. The van der Waals surface area contributed by atoms with Crippen molar-refractivity contribution >= 4 is 33.1 Å². The van der Waals surface area contributed by atoms with Crippen LogP contribution in [0.5, 0.6) is 0 Å². The molecule has 1 aromatic heterocycles. The predicted molar refractivity (Wildman–Crippen MR) is 94.7 cm³/mol. The minimum Gasteiger partial charge on any atom is -0.481 e. The molecule has 4 nitrogen and oxygen atoms in total. The highest BCUT2D eigenvalue weighted by Gasteiger charge is 2.44. The number of alkyl halides is 3. The van der Waals surface area contributed by atoms with Gasteiger partial charge in [-0.3, -0.25) is 9.69 Å². The number of carboxylic acids is 1. The Morgan fingerprint density at radius 3 is 2.58 bits per heavy atom. The molecule has 1 N–H and O–H groups in total. The van der Waals surface area contributed by atoms with Gasteiger partial charge in [0.15, 0.2) is 0 Å². The standard InChI is InChI=1S/C18H19F3N2O2S/c19-18(20,21)12-1-2-13-15(10-26-16(13)8-12)23-5-3-22(4-6-23)9-11-7-14(11)17(24)25/h1-2,8,10-11,14H,3-7,9H2,(H,24,25)/t11-,14+/m1/s1. The fraction of sp³-hybridized carbons (Fsp3) is 0.500. The van der Waals surface area contributed by atoms with Crippen LogP contribution in [0.25, 0.3) is 10.1 Å². The van der Waals surface area contributed by atoms with E-state index in [0.717, 1.165) is 56.3 Å². The van der Waals surface area contributed by atoms with Gasteiger partial charge in [0.2, 0.25) is 0 Å². The molecule has 1 aromatic carbocycles. The third-order valence-corrected chi connectivity index (χ3v) is 6.26. The molecule has 0 radical (unpaired) electrons. The maximum atomic E-state index is 12.9.